The third kappa shape index (κ3) is 4.82. The summed E-state index contributed by atoms with van der Waals surface area (Å²) in [5.74, 6) is -1.07. The summed E-state index contributed by atoms with van der Waals surface area (Å²) in [6.07, 6.45) is -6.77. The molecule has 23 heavy (non-hydrogen) atoms. The Bertz CT molecular complexity index is 636. The lowest BCUT2D eigenvalue weighted by Crippen LogP contribution is -2.26. The summed E-state index contributed by atoms with van der Waals surface area (Å²) in [6, 6.07) is 15.5. The smallest absolute Gasteiger partial charge is 0.464 e. The molecular formula is C17H15F3O3. The number of alkyl halides is 3. The number of halogens is 3. The van der Waals surface area contributed by atoms with Crippen molar-refractivity contribution in [3.05, 3.63) is 60.2 Å². The first-order valence-electron chi connectivity index (χ1n) is 6.97. The third-order valence-electron chi connectivity index (χ3n) is 3.07. The maximum absolute atomic E-state index is 12.5. The molecule has 2 aromatic carbocycles. The van der Waals surface area contributed by atoms with Gasteiger partial charge in [0.15, 0.2) is 6.10 Å². The fourth-order valence-electron chi connectivity index (χ4n) is 2.08. The molecule has 122 valence electrons. The first-order chi connectivity index (χ1) is 10.9. The Morgan fingerprint density at radius 3 is 2.09 bits per heavy atom. The highest BCUT2D eigenvalue weighted by Crippen LogP contribution is 2.30. The third-order valence-corrected chi connectivity index (χ3v) is 3.07. The van der Waals surface area contributed by atoms with E-state index < -0.39 is 18.4 Å². The maximum Gasteiger partial charge on any atom is 0.523 e. The molecule has 0 aliphatic carbocycles. The van der Waals surface area contributed by atoms with Gasteiger partial charge in [0.25, 0.3) is 0 Å². The second-order valence-corrected chi connectivity index (χ2v) is 4.68. The van der Waals surface area contributed by atoms with E-state index in [1.165, 1.54) is 19.1 Å². The van der Waals surface area contributed by atoms with Crippen LogP contribution in [0.25, 0.3) is 11.1 Å². The van der Waals surface area contributed by atoms with E-state index in [-0.39, 0.29) is 12.2 Å². The van der Waals surface area contributed by atoms with Crippen LogP contribution in [-0.4, -0.2) is 18.9 Å². The normalized spacial score (nSPS) is 12.7. The Hall–Kier alpha value is -2.34. The van der Waals surface area contributed by atoms with Crippen molar-refractivity contribution in [2.24, 2.45) is 0 Å². The van der Waals surface area contributed by atoms with E-state index in [0.717, 1.165) is 11.1 Å². The fraction of sp³-hybridized carbons (Fsp3) is 0.235. The van der Waals surface area contributed by atoms with Gasteiger partial charge in [-0.05, 0) is 23.6 Å². The van der Waals surface area contributed by atoms with E-state index in [9.17, 15) is 18.0 Å². The Balaban J connectivity index is 2.27. The highest BCUT2D eigenvalue weighted by molar-refractivity contribution is 5.77. The van der Waals surface area contributed by atoms with E-state index in [4.69, 9.17) is 0 Å². The monoisotopic (exact) mass is 324 g/mol. The van der Waals surface area contributed by atoms with E-state index in [2.05, 4.69) is 9.47 Å². The Morgan fingerprint density at radius 1 is 1.00 bits per heavy atom. The Kier molecular flexibility index (Phi) is 5.39. The molecule has 0 aliphatic heterocycles. The lowest BCUT2D eigenvalue weighted by molar-refractivity contribution is -0.342. The van der Waals surface area contributed by atoms with Crippen molar-refractivity contribution in [2.75, 3.05) is 6.61 Å². The molecule has 3 nitrogen and oxygen atoms in total. The number of ether oxygens (including phenoxy) is 2. The zero-order valence-electron chi connectivity index (χ0n) is 12.3. The van der Waals surface area contributed by atoms with Gasteiger partial charge in [-0.15, -0.1) is 13.2 Å². The summed E-state index contributed by atoms with van der Waals surface area (Å²) in [5.41, 5.74) is 1.83. The molecule has 0 fully saturated rings. The van der Waals surface area contributed by atoms with Crippen molar-refractivity contribution in [2.45, 2.75) is 19.4 Å². The molecule has 1 unspecified atom stereocenters. The van der Waals surface area contributed by atoms with Gasteiger partial charge in [0.2, 0.25) is 0 Å². The van der Waals surface area contributed by atoms with Gasteiger partial charge in [0.1, 0.15) is 0 Å². The van der Waals surface area contributed by atoms with Gasteiger partial charge in [0, 0.05) is 0 Å². The number of carbonyl (C=O) groups is 1. The van der Waals surface area contributed by atoms with Crippen LogP contribution in [0, 0.1) is 0 Å². The molecule has 6 heteroatoms. The molecule has 0 heterocycles. The zero-order chi connectivity index (χ0) is 16.9. The van der Waals surface area contributed by atoms with Crippen LogP contribution in [0.1, 0.15) is 18.6 Å². The molecule has 0 N–H and O–H groups in total. The minimum Gasteiger partial charge on any atom is -0.464 e. The minimum absolute atomic E-state index is 0.0291. The molecule has 2 rings (SSSR count). The van der Waals surface area contributed by atoms with Crippen molar-refractivity contribution in [3.63, 3.8) is 0 Å². The lowest BCUT2D eigenvalue weighted by Gasteiger charge is -2.18. The summed E-state index contributed by atoms with van der Waals surface area (Å²) in [4.78, 5) is 11.7. The van der Waals surface area contributed by atoms with E-state index in [1.54, 1.807) is 12.1 Å². The molecule has 0 aromatic heterocycles. The van der Waals surface area contributed by atoms with E-state index >= 15 is 0 Å². The second-order valence-electron chi connectivity index (χ2n) is 4.68. The first kappa shape index (κ1) is 17.0. The Morgan fingerprint density at radius 2 is 1.57 bits per heavy atom. The number of hydrogen-bond acceptors (Lipinski definition) is 3. The standard InChI is InChI=1S/C17H15F3O3/c1-2-22-16(21)15(23-17(18,19)20)14-10-8-13(9-11-14)12-6-4-3-5-7-12/h3-11,15H,2H2,1H3. The van der Waals surface area contributed by atoms with Gasteiger partial charge < -0.3 is 4.74 Å². The van der Waals surface area contributed by atoms with Gasteiger partial charge in [-0.25, -0.2) is 4.79 Å². The predicted octanol–water partition coefficient (Wildman–Crippen LogP) is 4.49. The molecule has 0 amide bonds. The quantitative estimate of drug-likeness (QED) is 0.760. The van der Waals surface area contributed by atoms with Crippen LogP contribution in [0.2, 0.25) is 0 Å². The summed E-state index contributed by atoms with van der Waals surface area (Å²) < 4.78 is 46.1. The molecule has 0 spiro atoms. The average Bonchev–Trinajstić information content (AvgIpc) is 2.53. The van der Waals surface area contributed by atoms with Crippen molar-refractivity contribution in [1.29, 1.82) is 0 Å². The molecule has 0 bridgehead atoms. The van der Waals surface area contributed by atoms with Crippen molar-refractivity contribution >= 4 is 5.97 Å². The number of benzene rings is 2. The Labute approximate surface area is 131 Å². The average molecular weight is 324 g/mol. The zero-order valence-corrected chi connectivity index (χ0v) is 12.3. The van der Waals surface area contributed by atoms with Crippen LogP contribution in [-0.2, 0) is 14.3 Å². The van der Waals surface area contributed by atoms with Gasteiger partial charge >= 0.3 is 12.3 Å². The van der Waals surface area contributed by atoms with Crippen LogP contribution >= 0.6 is 0 Å². The summed E-state index contributed by atoms with van der Waals surface area (Å²) in [5, 5.41) is 0. The summed E-state index contributed by atoms with van der Waals surface area (Å²) >= 11 is 0. The van der Waals surface area contributed by atoms with Crippen molar-refractivity contribution in [1.82, 2.24) is 0 Å². The fourth-order valence-corrected chi connectivity index (χ4v) is 2.08. The van der Waals surface area contributed by atoms with Gasteiger partial charge in [-0.2, -0.15) is 0 Å². The van der Waals surface area contributed by atoms with Gasteiger partial charge in [-0.1, -0.05) is 54.6 Å². The van der Waals surface area contributed by atoms with Crippen molar-refractivity contribution in [3.8, 4) is 11.1 Å². The largest absolute Gasteiger partial charge is 0.523 e. The molecule has 0 radical (unpaired) electrons. The van der Waals surface area contributed by atoms with Crippen LogP contribution in [0.15, 0.2) is 54.6 Å². The summed E-state index contributed by atoms with van der Waals surface area (Å²) in [7, 11) is 0. The highest BCUT2D eigenvalue weighted by Gasteiger charge is 2.38. The van der Waals surface area contributed by atoms with Crippen LogP contribution in [0.4, 0.5) is 13.2 Å². The van der Waals surface area contributed by atoms with Crippen LogP contribution in [0.5, 0.6) is 0 Å². The summed E-state index contributed by atoms with van der Waals surface area (Å²) in [6.45, 7) is 1.49. The van der Waals surface area contributed by atoms with Gasteiger partial charge in [0.05, 0.1) is 6.61 Å². The molecule has 0 saturated heterocycles. The minimum atomic E-state index is -4.93. The van der Waals surface area contributed by atoms with Crippen molar-refractivity contribution < 1.29 is 27.4 Å². The van der Waals surface area contributed by atoms with Crippen LogP contribution in [0.3, 0.4) is 0 Å². The number of carbonyl (C=O) groups excluding carboxylic acids is 1. The molecule has 0 aliphatic rings. The second kappa shape index (κ2) is 7.28. The van der Waals surface area contributed by atoms with E-state index in [1.807, 2.05) is 30.3 Å². The topological polar surface area (TPSA) is 35.5 Å². The number of esters is 1. The maximum atomic E-state index is 12.5. The number of rotatable bonds is 5. The van der Waals surface area contributed by atoms with E-state index in [0.29, 0.717) is 0 Å². The predicted molar refractivity (Wildman–Crippen MR) is 78.4 cm³/mol. The molecule has 0 saturated carbocycles. The number of hydrogen-bond donors (Lipinski definition) is 0. The SMILES string of the molecule is CCOC(=O)C(OC(F)(F)F)c1ccc(-c2ccccc2)cc1. The lowest BCUT2D eigenvalue weighted by atomic mass is 10.0. The molecule has 2 aromatic rings. The van der Waals surface area contributed by atoms with Gasteiger partial charge in [-0.3, -0.25) is 4.74 Å². The highest BCUT2D eigenvalue weighted by atomic mass is 19.4. The van der Waals surface area contributed by atoms with Crippen LogP contribution < -0.4 is 0 Å². The molecular weight excluding hydrogens is 309 g/mol. The molecule has 1 atom stereocenters. The first-order valence-corrected chi connectivity index (χ1v) is 6.97.